The molecule has 0 saturated heterocycles. The topological polar surface area (TPSA) is 56.2 Å². The van der Waals surface area contributed by atoms with Crippen molar-refractivity contribution >= 4 is 17.0 Å². The van der Waals surface area contributed by atoms with E-state index < -0.39 is 0 Å². The van der Waals surface area contributed by atoms with Crippen LogP contribution in [0.15, 0.2) is 24.5 Å². The molecule has 0 aliphatic carbocycles. The number of ether oxygens (including phenoxy) is 1. The molecule has 0 atom stereocenters. The van der Waals surface area contributed by atoms with Crippen molar-refractivity contribution in [2.45, 2.75) is 52.9 Å². The van der Waals surface area contributed by atoms with Crippen molar-refractivity contribution in [3.8, 4) is 0 Å². The molecule has 2 aromatic heterocycles. The Labute approximate surface area is 125 Å². The lowest BCUT2D eigenvalue weighted by Crippen LogP contribution is -2.21. The number of carbonyl (C=O) groups excluding carboxylic acids is 1. The highest BCUT2D eigenvalue weighted by molar-refractivity contribution is 5.82. The fraction of sp³-hybridized carbons (Fsp3) is 0.500. The molecule has 5 nitrogen and oxygen atoms in total. The maximum Gasteiger partial charge on any atom is 0.326 e. The summed E-state index contributed by atoms with van der Waals surface area (Å²) < 4.78 is 7.07. The van der Waals surface area contributed by atoms with Crippen LogP contribution in [0, 0.1) is 0 Å². The normalized spacial score (nSPS) is 11.5. The molecular weight excluding hydrogens is 266 g/mol. The van der Waals surface area contributed by atoms with Crippen molar-refractivity contribution in [1.82, 2.24) is 14.9 Å². The van der Waals surface area contributed by atoms with Gasteiger partial charge in [0.1, 0.15) is 12.2 Å². The summed E-state index contributed by atoms with van der Waals surface area (Å²) >= 11 is 0. The van der Waals surface area contributed by atoms with Gasteiger partial charge >= 0.3 is 5.97 Å². The van der Waals surface area contributed by atoms with Gasteiger partial charge in [-0.1, -0.05) is 13.8 Å². The molecular formula is C16H23N3O2. The third kappa shape index (κ3) is 4.04. The van der Waals surface area contributed by atoms with Crippen molar-refractivity contribution < 1.29 is 9.53 Å². The first kappa shape index (κ1) is 15.5. The van der Waals surface area contributed by atoms with E-state index >= 15 is 0 Å². The Kier molecular flexibility index (Phi) is 4.96. The smallest absolute Gasteiger partial charge is 0.326 e. The number of esters is 1. The number of aromatic nitrogens is 2. The second kappa shape index (κ2) is 6.72. The second-order valence-electron chi connectivity index (χ2n) is 5.73. The lowest BCUT2D eigenvalue weighted by Gasteiger charge is -2.08. The molecule has 114 valence electrons. The van der Waals surface area contributed by atoms with Gasteiger partial charge in [-0.3, -0.25) is 4.79 Å². The molecule has 0 spiro atoms. The third-order valence-corrected chi connectivity index (χ3v) is 3.08. The summed E-state index contributed by atoms with van der Waals surface area (Å²) in [6, 6.07) is 4.35. The van der Waals surface area contributed by atoms with E-state index in [1.165, 1.54) is 0 Å². The summed E-state index contributed by atoms with van der Waals surface area (Å²) in [7, 11) is 0. The van der Waals surface area contributed by atoms with Gasteiger partial charge in [0.25, 0.3) is 0 Å². The number of rotatable bonds is 6. The van der Waals surface area contributed by atoms with Crippen LogP contribution in [-0.2, 0) is 22.6 Å². The number of nitrogens with zero attached hydrogens (tertiary/aromatic N) is 2. The summed E-state index contributed by atoms with van der Waals surface area (Å²) in [6.07, 6.45) is 3.62. The first-order chi connectivity index (χ1) is 9.97. The number of fused-ring (bicyclic) bond motifs is 1. The molecule has 0 aliphatic rings. The molecule has 2 heterocycles. The van der Waals surface area contributed by atoms with E-state index in [2.05, 4.69) is 24.1 Å². The van der Waals surface area contributed by atoms with Crippen LogP contribution >= 0.6 is 0 Å². The van der Waals surface area contributed by atoms with E-state index in [9.17, 15) is 4.79 Å². The summed E-state index contributed by atoms with van der Waals surface area (Å²) in [5, 5.41) is 4.47. The highest BCUT2D eigenvalue weighted by Gasteiger charge is 2.13. The van der Waals surface area contributed by atoms with Crippen LogP contribution in [0.25, 0.3) is 11.0 Å². The minimum Gasteiger partial charge on any atom is -0.462 e. The predicted octanol–water partition coefficient (Wildman–Crippen LogP) is 2.49. The molecule has 0 amide bonds. The SMILES string of the molecule is CC(C)NCc1cn(CC(=O)OC(C)C)c2ncccc12. The van der Waals surface area contributed by atoms with Crippen molar-refractivity contribution in [1.29, 1.82) is 0 Å². The van der Waals surface area contributed by atoms with Crippen LogP contribution < -0.4 is 5.32 Å². The Hall–Kier alpha value is -1.88. The van der Waals surface area contributed by atoms with Crippen LogP contribution in [0.1, 0.15) is 33.3 Å². The van der Waals surface area contributed by atoms with Gasteiger partial charge in [0.2, 0.25) is 0 Å². The summed E-state index contributed by atoms with van der Waals surface area (Å²) in [5.41, 5.74) is 1.96. The Balaban J connectivity index is 2.25. The Morgan fingerprint density at radius 2 is 2.14 bits per heavy atom. The average molecular weight is 289 g/mol. The third-order valence-electron chi connectivity index (χ3n) is 3.08. The largest absolute Gasteiger partial charge is 0.462 e. The minimum atomic E-state index is -0.240. The molecule has 0 aliphatic heterocycles. The molecule has 2 rings (SSSR count). The molecule has 0 radical (unpaired) electrons. The standard InChI is InChI=1S/C16H23N3O2/c1-11(2)18-8-13-9-19(10-15(20)21-12(3)4)16-14(13)6-5-7-17-16/h5-7,9,11-12,18H,8,10H2,1-4H3. The zero-order valence-corrected chi connectivity index (χ0v) is 13.1. The Bertz CT molecular complexity index is 617. The highest BCUT2D eigenvalue weighted by atomic mass is 16.5. The zero-order chi connectivity index (χ0) is 15.4. The first-order valence-corrected chi connectivity index (χ1v) is 7.33. The summed E-state index contributed by atoms with van der Waals surface area (Å²) in [4.78, 5) is 16.2. The van der Waals surface area contributed by atoms with Crippen LogP contribution in [0.2, 0.25) is 0 Å². The summed E-state index contributed by atoms with van der Waals surface area (Å²) in [6.45, 7) is 8.86. The monoisotopic (exact) mass is 289 g/mol. The van der Waals surface area contributed by atoms with Gasteiger partial charge in [0, 0.05) is 30.4 Å². The molecule has 5 heteroatoms. The first-order valence-electron chi connectivity index (χ1n) is 7.33. The molecule has 0 aromatic carbocycles. The van der Waals surface area contributed by atoms with E-state index in [0.29, 0.717) is 6.04 Å². The van der Waals surface area contributed by atoms with Gasteiger partial charge in [-0.25, -0.2) is 4.98 Å². The molecule has 2 aromatic rings. The van der Waals surface area contributed by atoms with E-state index in [1.54, 1.807) is 6.20 Å². The molecule has 0 bridgehead atoms. The van der Waals surface area contributed by atoms with Gasteiger partial charge in [0.15, 0.2) is 0 Å². The van der Waals surface area contributed by atoms with E-state index in [-0.39, 0.29) is 18.6 Å². The van der Waals surface area contributed by atoms with Crippen molar-refractivity contribution in [3.05, 3.63) is 30.1 Å². The van der Waals surface area contributed by atoms with Crippen LogP contribution in [0.3, 0.4) is 0 Å². The number of pyridine rings is 1. The van der Waals surface area contributed by atoms with Crippen LogP contribution in [-0.4, -0.2) is 27.7 Å². The second-order valence-corrected chi connectivity index (χ2v) is 5.73. The lowest BCUT2D eigenvalue weighted by molar-refractivity contribution is -0.148. The fourth-order valence-electron chi connectivity index (χ4n) is 2.21. The maximum atomic E-state index is 11.9. The fourth-order valence-corrected chi connectivity index (χ4v) is 2.21. The number of carbonyl (C=O) groups is 1. The average Bonchev–Trinajstić information content (AvgIpc) is 2.74. The zero-order valence-electron chi connectivity index (χ0n) is 13.1. The number of hydrogen-bond acceptors (Lipinski definition) is 4. The quantitative estimate of drug-likeness (QED) is 0.830. The Morgan fingerprint density at radius 3 is 2.81 bits per heavy atom. The Morgan fingerprint density at radius 1 is 1.38 bits per heavy atom. The summed E-state index contributed by atoms with van der Waals surface area (Å²) in [5.74, 6) is -0.240. The molecule has 0 unspecified atom stereocenters. The van der Waals surface area contributed by atoms with E-state index in [1.807, 2.05) is 36.7 Å². The van der Waals surface area contributed by atoms with Gasteiger partial charge in [0.05, 0.1) is 6.10 Å². The number of hydrogen-bond donors (Lipinski definition) is 1. The molecule has 1 N–H and O–H groups in total. The highest BCUT2D eigenvalue weighted by Crippen LogP contribution is 2.19. The van der Waals surface area contributed by atoms with Gasteiger partial charge in [-0.15, -0.1) is 0 Å². The van der Waals surface area contributed by atoms with Crippen molar-refractivity contribution in [2.24, 2.45) is 0 Å². The van der Waals surface area contributed by atoms with Crippen LogP contribution in [0.4, 0.5) is 0 Å². The van der Waals surface area contributed by atoms with Gasteiger partial charge < -0.3 is 14.6 Å². The van der Waals surface area contributed by atoms with E-state index in [4.69, 9.17) is 4.74 Å². The molecule has 0 fully saturated rings. The molecule has 21 heavy (non-hydrogen) atoms. The van der Waals surface area contributed by atoms with Crippen molar-refractivity contribution in [2.75, 3.05) is 0 Å². The lowest BCUT2D eigenvalue weighted by atomic mass is 10.2. The maximum absolute atomic E-state index is 11.9. The minimum absolute atomic E-state index is 0.102. The molecule has 0 saturated carbocycles. The van der Waals surface area contributed by atoms with Crippen LogP contribution in [0.5, 0.6) is 0 Å². The van der Waals surface area contributed by atoms with Gasteiger partial charge in [-0.05, 0) is 31.5 Å². The predicted molar refractivity (Wildman–Crippen MR) is 82.9 cm³/mol. The number of nitrogens with one attached hydrogen (secondary N) is 1. The van der Waals surface area contributed by atoms with Gasteiger partial charge in [-0.2, -0.15) is 0 Å². The van der Waals surface area contributed by atoms with E-state index in [0.717, 1.165) is 23.1 Å². The van der Waals surface area contributed by atoms with Crippen molar-refractivity contribution in [3.63, 3.8) is 0 Å².